The second-order valence-corrected chi connectivity index (χ2v) is 5.48. The molecule has 0 bridgehead atoms. The highest BCUT2D eigenvalue weighted by atomic mass is 35.5. The number of allylic oxidation sites excluding steroid dienone is 1. The SMILES string of the molecule is C=CCc1ccc(OCC(=O)N2CCC(N)CC2)c(OC)c1.Cl. The molecule has 128 valence electrons. The third kappa shape index (κ3) is 5.44. The van der Waals surface area contributed by atoms with Gasteiger partial charge in [-0.1, -0.05) is 12.1 Å². The largest absolute Gasteiger partial charge is 0.493 e. The van der Waals surface area contributed by atoms with Crippen molar-refractivity contribution in [2.75, 3.05) is 26.8 Å². The molecular weight excluding hydrogens is 316 g/mol. The number of likely N-dealkylation sites (tertiary alicyclic amines) is 1. The number of benzene rings is 1. The van der Waals surface area contributed by atoms with Gasteiger partial charge in [-0.25, -0.2) is 0 Å². The highest BCUT2D eigenvalue weighted by Gasteiger charge is 2.21. The summed E-state index contributed by atoms with van der Waals surface area (Å²) in [7, 11) is 1.59. The van der Waals surface area contributed by atoms with E-state index in [1.54, 1.807) is 7.11 Å². The summed E-state index contributed by atoms with van der Waals surface area (Å²) in [6, 6.07) is 5.89. The van der Waals surface area contributed by atoms with Crippen LogP contribution in [0.2, 0.25) is 0 Å². The van der Waals surface area contributed by atoms with Gasteiger partial charge in [0.1, 0.15) is 0 Å². The fraction of sp³-hybridized carbons (Fsp3) is 0.471. The fourth-order valence-corrected chi connectivity index (χ4v) is 2.50. The van der Waals surface area contributed by atoms with Crippen molar-refractivity contribution < 1.29 is 14.3 Å². The molecule has 0 atom stereocenters. The molecule has 1 heterocycles. The monoisotopic (exact) mass is 340 g/mol. The standard InChI is InChI=1S/C17H24N2O3.ClH/c1-3-4-13-5-6-15(16(11-13)21-2)22-12-17(20)19-9-7-14(18)8-10-19;/h3,5-6,11,14H,1,4,7-10,12,18H2,2H3;1H. The van der Waals surface area contributed by atoms with Crippen LogP contribution in [-0.2, 0) is 11.2 Å². The minimum absolute atomic E-state index is 0. The van der Waals surface area contributed by atoms with Gasteiger partial charge in [-0.15, -0.1) is 19.0 Å². The summed E-state index contributed by atoms with van der Waals surface area (Å²) in [4.78, 5) is 14.0. The quantitative estimate of drug-likeness (QED) is 0.806. The Kier molecular flexibility index (Phi) is 7.92. The van der Waals surface area contributed by atoms with E-state index in [4.69, 9.17) is 15.2 Å². The molecule has 1 fully saturated rings. The number of methoxy groups -OCH3 is 1. The van der Waals surface area contributed by atoms with Crippen molar-refractivity contribution in [3.05, 3.63) is 36.4 Å². The van der Waals surface area contributed by atoms with E-state index in [0.29, 0.717) is 24.6 Å². The topological polar surface area (TPSA) is 64.8 Å². The minimum atomic E-state index is -0.0101. The van der Waals surface area contributed by atoms with Gasteiger partial charge in [0.15, 0.2) is 18.1 Å². The van der Waals surface area contributed by atoms with E-state index < -0.39 is 0 Å². The lowest BCUT2D eigenvalue weighted by Gasteiger charge is -2.30. The number of carbonyl (C=O) groups excluding carboxylic acids is 1. The summed E-state index contributed by atoms with van der Waals surface area (Å²) in [6.07, 6.45) is 4.31. The first-order valence-corrected chi connectivity index (χ1v) is 7.58. The summed E-state index contributed by atoms with van der Waals surface area (Å²) in [5.41, 5.74) is 6.94. The number of hydrogen-bond donors (Lipinski definition) is 1. The number of nitrogens with zero attached hydrogens (tertiary/aromatic N) is 1. The van der Waals surface area contributed by atoms with Gasteiger partial charge in [-0.3, -0.25) is 4.79 Å². The molecule has 23 heavy (non-hydrogen) atoms. The molecule has 0 saturated carbocycles. The van der Waals surface area contributed by atoms with Crippen molar-refractivity contribution in [2.24, 2.45) is 5.73 Å². The number of rotatable bonds is 6. The van der Waals surface area contributed by atoms with Gasteiger partial charge in [-0.2, -0.15) is 0 Å². The number of piperidine rings is 1. The normalized spacial score (nSPS) is 14.8. The highest BCUT2D eigenvalue weighted by Crippen LogP contribution is 2.28. The van der Waals surface area contributed by atoms with Crippen molar-refractivity contribution >= 4 is 18.3 Å². The van der Waals surface area contributed by atoms with E-state index >= 15 is 0 Å². The van der Waals surface area contributed by atoms with Crippen LogP contribution >= 0.6 is 12.4 Å². The average molecular weight is 341 g/mol. The smallest absolute Gasteiger partial charge is 0.260 e. The Labute approximate surface area is 143 Å². The van der Waals surface area contributed by atoms with Crippen molar-refractivity contribution in [1.82, 2.24) is 4.90 Å². The Morgan fingerprint density at radius 2 is 2.09 bits per heavy atom. The van der Waals surface area contributed by atoms with Gasteiger partial charge in [-0.05, 0) is 37.0 Å². The van der Waals surface area contributed by atoms with Gasteiger partial charge in [0.2, 0.25) is 0 Å². The Bertz CT molecular complexity index is 529. The van der Waals surface area contributed by atoms with Crippen LogP contribution in [0.1, 0.15) is 18.4 Å². The Hall–Kier alpha value is -1.72. The van der Waals surface area contributed by atoms with Gasteiger partial charge < -0.3 is 20.1 Å². The summed E-state index contributed by atoms with van der Waals surface area (Å²) >= 11 is 0. The maximum Gasteiger partial charge on any atom is 0.260 e. The van der Waals surface area contributed by atoms with Crippen LogP contribution in [-0.4, -0.2) is 43.7 Å². The molecule has 2 N–H and O–H groups in total. The molecule has 0 aromatic heterocycles. The average Bonchev–Trinajstić information content (AvgIpc) is 2.54. The Morgan fingerprint density at radius 1 is 1.39 bits per heavy atom. The van der Waals surface area contributed by atoms with Gasteiger partial charge in [0.05, 0.1) is 7.11 Å². The van der Waals surface area contributed by atoms with Crippen LogP contribution in [0, 0.1) is 0 Å². The van der Waals surface area contributed by atoms with E-state index in [1.807, 2.05) is 29.2 Å². The lowest BCUT2D eigenvalue weighted by molar-refractivity contribution is -0.134. The Morgan fingerprint density at radius 3 is 2.70 bits per heavy atom. The van der Waals surface area contributed by atoms with Crippen LogP contribution in [0.5, 0.6) is 11.5 Å². The van der Waals surface area contributed by atoms with Crippen molar-refractivity contribution in [3.8, 4) is 11.5 Å². The van der Waals surface area contributed by atoms with Crippen LogP contribution in [0.15, 0.2) is 30.9 Å². The molecule has 0 spiro atoms. The first-order chi connectivity index (χ1) is 10.6. The number of amides is 1. The van der Waals surface area contributed by atoms with Crippen molar-refractivity contribution in [3.63, 3.8) is 0 Å². The molecule has 0 aliphatic carbocycles. The molecule has 2 rings (SSSR count). The molecule has 1 aliphatic heterocycles. The van der Waals surface area contributed by atoms with Gasteiger partial charge >= 0.3 is 0 Å². The van der Waals surface area contributed by atoms with E-state index in [2.05, 4.69) is 6.58 Å². The summed E-state index contributed by atoms with van der Waals surface area (Å²) in [5, 5.41) is 0. The van der Waals surface area contributed by atoms with E-state index in [0.717, 1.165) is 24.8 Å². The lowest BCUT2D eigenvalue weighted by atomic mass is 10.1. The Balaban J connectivity index is 0.00000264. The zero-order valence-corrected chi connectivity index (χ0v) is 14.3. The van der Waals surface area contributed by atoms with Gasteiger partial charge in [0, 0.05) is 19.1 Å². The molecule has 1 aliphatic rings. The second-order valence-electron chi connectivity index (χ2n) is 5.48. The number of hydrogen-bond acceptors (Lipinski definition) is 4. The maximum atomic E-state index is 12.2. The molecule has 0 radical (unpaired) electrons. The van der Waals surface area contributed by atoms with E-state index in [9.17, 15) is 4.79 Å². The van der Waals surface area contributed by atoms with Crippen LogP contribution in [0.25, 0.3) is 0 Å². The zero-order valence-electron chi connectivity index (χ0n) is 13.5. The number of nitrogens with two attached hydrogens (primary N) is 1. The minimum Gasteiger partial charge on any atom is -0.493 e. The third-order valence-electron chi connectivity index (χ3n) is 3.85. The highest BCUT2D eigenvalue weighted by molar-refractivity contribution is 5.85. The summed E-state index contributed by atoms with van der Waals surface area (Å²) in [6.45, 7) is 5.15. The van der Waals surface area contributed by atoms with Crippen LogP contribution in [0.4, 0.5) is 0 Å². The van der Waals surface area contributed by atoms with Crippen molar-refractivity contribution in [1.29, 1.82) is 0 Å². The lowest BCUT2D eigenvalue weighted by Crippen LogP contribution is -2.44. The predicted molar refractivity (Wildman–Crippen MR) is 93.4 cm³/mol. The molecule has 1 aromatic carbocycles. The molecule has 1 amide bonds. The third-order valence-corrected chi connectivity index (χ3v) is 3.85. The number of halogens is 1. The number of ether oxygens (including phenoxy) is 2. The first-order valence-electron chi connectivity index (χ1n) is 7.58. The van der Waals surface area contributed by atoms with Gasteiger partial charge in [0.25, 0.3) is 5.91 Å². The van der Waals surface area contributed by atoms with Crippen LogP contribution < -0.4 is 15.2 Å². The van der Waals surface area contributed by atoms with E-state index in [1.165, 1.54) is 0 Å². The van der Waals surface area contributed by atoms with Crippen LogP contribution in [0.3, 0.4) is 0 Å². The summed E-state index contributed by atoms with van der Waals surface area (Å²) < 4.78 is 11.0. The van der Waals surface area contributed by atoms with E-state index in [-0.39, 0.29) is 31.0 Å². The number of carbonyl (C=O) groups is 1. The summed E-state index contributed by atoms with van der Waals surface area (Å²) in [5.74, 6) is 1.20. The zero-order chi connectivity index (χ0) is 15.9. The maximum absolute atomic E-state index is 12.2. The molecular formula is C17H25ClN2O3. The fourth-order valence-electron chi connectivity index (χ4n) is 2.50. The molecule has 1 saturated heterocycles. The predicted octanol–water partition coefficient (Wildman–Crippen LogP) is 2.17. The van der Waals surface area contributed by atoms with Crippen molar-refractivity contribution in [2.45, 2.75) is 25.3 Å². The first kappa shape index (κ1) is 19.3. The second kappa shape index (κ2) is 9.43. The molecule has 6 heteroatoms. The molecule has 1 aromatic rings. The molecule has 0 unspecified atom stereocenters. The molecule has 5 nitrogen and oxygen atoms in total.